The van der Waals surface area contributed by atoms with Gasteiger partial charge in [0.15, 0.2) is 0 Å². The maximum Gasteiger partial charge on any atom is 0.0927 e. The van der Waals surface area contributed by atoms with Gasteiger partial charge in [-0.05, 0) is 13.0 Å². The van der Waals surface area contributed by atoms with Gasteiger partial charge >= 0.3 is 0 Å². The average molecular weight is 216 g/mol. The first-order chi connectivity index (χ1) is 7.65. The number of para-hydroxylation sites is 1. The zero-order valence-corrected chi connectivity index (χ0v) is 9.57. The number of benzene rings is 1. The lowest BCUT2D eigenvalue weighted by Crippen LogP contribution is -2.29. The van der Waals surface area contributed by atoms with E-state index < -0.39 is 0 Å². The summed E-state index contributed by atoms with van der Waals surface area (Å²) in [5, 5.41) is 5.60. The Kier molecular flexibility index (Phi) is 2.77. The van der Waals surface area contributed by atoms with Crippen LogP contribution in [0, 0.1) is 0 Å². The molecule has 0 fully saturated rings. The molecule has 0 aliphatic heterocycles. The van der Waals surface area contributed by atoms with Crippen molar-refractivity contribution >= 4 is 10.9 Å². The number of rotatable bonds is 3. The summed E-state index contributed by atoms with van der Waals surface area (Å²) in [5.41, 5.74) is 5.72. The summed E-state index contributed by atoms with van der Waals surface area (Å²) in [6, 6.07) is 7.98. The van der Waals surface area contributed by atoms with E-state index in [0.717, 1.165) is 22.2 Å². The molecule has 0 amide bonds. The minimum Gasteiger partial charge on any atom is -0.271 e. The number of nitrogens with one attached hydrogen (secondary N) is 1. The van der Waals surface area contributed by atoms with Gasteiger partial charge in [-0.1, -0.05) is 30.4 Å². The Morgan fingerprint density at radius 2 is 2.19 bits per heavy atom. The van der Waals surface area contributed by atoms with Crippen LogP contribution in [0.25, 0.3) is 10.9 Å². The summed E-state index contributed by atoms with van der Waals surface area (Å²) >= 11 is 0. The van der Waals surface area contributed by atoms with E-state index in [1.54, 1.807) is 0 Å². The van der Waals surface area contributed by atoms with Gasteiger partial charge in [0.2, 0.25) is 0 Å². The molecular weight excluding hydrogens is 200 g/mol. The van der Waals surface area contributed by atoms with E-state index in [1.165, 1.54) is 0 Å². The van der Waals surface area contributed by atoms with Crippen molar-refractivity contribution in [2.45, 2.75) is 13.0 Å². The molecule has 1 heterocycles. The number of nitrogens with zero attached hydrogens (tertiary/aromatic N) is 2. The zero-order valence-electron chi connectivity index (χ0n) is 9.57. The second-order valence-corrected chi connectivity index (χ2v) is 3.97. The molecule has 0 saturated heterocycles. The van der Waals surface area contributed by atoms with Crippen molar-refractivity contribution in [3.05, 3.63) is 42.1 Å². The number of hydrazine groups is 1. The van der Waals surface area contributed by atoms with Crippen molar-refractivity contribution in [2.24, 2.45) is 12.9 Å². The normalized spacial score (nSPS) is 12.9. The first-order valence-electron chi connectivity index (χ1n) is 5.18. The van der Waals surface area contributed by atoms with Crippen LogP contribution in [0.1, 0.15) is 18.7 Å². The third-order valence-electron chi connectivity index (χ3n) is 2.72. The summed E-state index contributed by atoms with van der Waals surface area (Å²) < 4.78 is 1.86. The van der Waals surface area contributed by atoms with Crippen LogP contribution in [0.2, 0.25) is 0 Å². The zero-order chi connectivity index (χ0) is 11.7. The lowest BCUT2D eigenvalue weighted by Gasteiger charge is -2.13. The van der Waals surface area contributed by atoms with E-state index in [1.807, 2.05) is 42.9 Å². The molecule has 0 aliphatic rings. The molecule has 1 atom stereocenters. The Bertz CT molecular complexity index is 527. The molecule has 2 rings (SSSR count). The lowest BCUT2D eigenvalue weighted by atomic mass is 10.0. The number of hydrogen-bond donors (Lipinski definition) is 2. The van der Waals surface area contributed by atoms with Gasteiger partial charge in [-0.2, -0.15) is 5.10 Å². The molecule has 0 saturated carbocycles. The monoisotopic (exact) mass is 216 g/mol. The molecule has 1 aromatic heterocycles. The highest BCUT2D eigenvalue weighted by Crippen LogP contribution is 2.26. The first-order valence-corrected chi connectivity index (χ1v) is 5.18. The second kappa shape index (κ2) is 4.08. The Labute approximate surface area is 94.7 Å². The Morgan fingerprint density at radius 1 is 1.50 bits per heavy atom. The summed E-state index contributed by atoms with van der Waals surface area (Å²) in [6.45, 7) is 5.87. The van der Waals surface area contributed by atoms with Crippen LogP contribution in [0.3, 0.4) is 0 Å². The number of fused-ring (bicyclic) bond motifs is 1. The molecule has 84 valence electrons. The Morgan fingerprint density at radius 3 is 2.81 bits per heavy atom. The van der Waals surface area contributed by atoms with E-state index >= 15 is 0 Å². The van der Waals surface area contributed by atoms with Gasteiger partial charge in [-0.25, -0.2) is 5.43 Å². The predicted octanol–water partition coefficient (Wildman–Crippen LogP) is 1.65. The summed E-state index contributed by atoms with van der Waals surface area (Å²) in [4.78, 5) is 0. The SMILES string of the molecule is C=C(C)C(NN)c1nn(C)c2ccccc12. The van der Waals surface area contributed by atoms with E-state index in [-0.39, 0.29) is 6.04 Å². The quantitative estimate of drug-likeness (QED) is 0.466. The van der Waals surface area contributed by atoms with E-state index in [0.29, 0.717) is 0 Å². The van der Waals surface area contributed by atoms with Crippen LogP contribution in [0.4, 0.5) is 0 Å². The van der Waals surface area contributed by atoms with Crippen molar-refractivity contribution in [3.63, 3.8) is 0 Å². The molecule has 0 aliphatic carbocycles. The van der Waals surface area contributed by atoms with Crippen LogP contribution in [0.15, 0.2) is 36.4 Å². The number of nitrogens with two attached hydrogens (primary N) is 1. The van der Waals surface area contributed by atoms with Crippen LogP contribution in [0.5, 0.6) is 0 Å². The van der Waals surface area contributed by atoms with Gasteiger partial charge < -0.3 is 0 Å². The third-order valence-corrected chi connectivity index (χ3v) is 2.72. The maximum absolute atomic E-state index is 5.55. The van der Waals surface area contributed by atoms with Crippen LogP contribution in [-0.2, 0) is 7.05 Å². The second-order valence-electron chi connectivity index (χ2n) is 3.97. The van der Waals surface area contributed by atoms with Crippen molar-refractivity contribution < 1.29 is 0 Å². The Hall–Kier alpha value is -1.65. The van der Waals surface area contributed by atoms with E-state index in [2.05, 4.69) is 17.1 Å². The highest BCUT2D eigenvalue weighted by molar-refractivity contribution is 5.82. The van der Waals surface area contributed by atoms with Crippen molar-refractivity contribution in [1.82, 2.24) is 15.2 Å². The van der Waals surface area contributed by atoms with Gasteiger partial charge in [0.25, 0.3) is 0 Å². The molecule has 0 bridgehead atoms. The minimum absolute atomic E-state index is 0.105. The molecule has 4 nitrogen and oxygen atoms in total. The third kappa shape index (κ3) is 1.62. The molecule has 16 heavy (non-hydrogen) atoms. The largest absolute Gasteiger partial charge is 0.271 e. The van der Waals surface area contributed by atoms with Gasteiger partial charge in [0.1, 0.15) is 0 Å². The molecule has 0 spiro atoms. The highest BCUT2D eigenvalue weighted by Gasteiger charge is 2.17. The fourth-order valence-corrected chi connectivity index (χ4v) is 1.91. The van der Waals surface area contributed by atoms with Crippen LogP contribution in [-0.4, -0.2) is 9.78 Å². The van der Waals surface area contributed by atoms with Gasteiger partial charge in [0.05, 0.1) is 17.3 Å². The van der Waals surface area contributed by atoms with Gasteiger partial charge in [0, 0.05) is 12.4 Å². The highest BCUT2D eigenvalue weighted by atomic mass is 15.3. The van der Waals surface area contributed by atoms with Crippen LogP contribution < -0.4 is 11.3 Å². The number of aryl methyl sites for hydroxylation is 1. The Balaban J connectivity index is 2.64. The molecule has 0 radical (unpaired) electrons. The van der Waals surface area contributed by atoms with E-state index in [9.17, 15) is 0 Å². The fraction of sp³-hybridized carbons (Fsp3) is 0.250. The van der Waals surface area contributed by atoms with Crippen molar-refractivity contribution in [3.8, 4) is 0 Å². The summed E-state index contributed by atoms with van der Waals surface area (Å²) in [6.07, 6.45) is 0. The number of hydrogen-bond acceptors (Lipinski definition) is 3. The number of aromatic nitrogens is 2. The average Bonchev–Trinajstić information content (AvgIpc) is 2.58. The molecule has 3 N–H and O–H groups in total. The summed E-state index contributed by atoms with van der Waals surface area (Å²) in [7, 11) is 1.93. The lowest BCUT2D eigenvalue weighted by molar-refractivity contribution is 0.600. The van der Waals surface area contributed by atoms with Crippen molar-refractivity contribution in [2.75, 3.05) is 0 Å². The van der Waals surface area contributed by atoms with Crippen molar-refractivity contribution in [1.29, 1.82) is 0 Å². The smallest absolute Gasteiger partial charge is 0.0927 e. The molecular formula is C12H16N4. The summed E-state index contributed by atoms with van der Waals surface area (Å²) in [5.74, 6) is 5.55. The van der Waals surface area contributed by atoms with Crippen LogP contribution >= 0.6 is 0 Å². The minimum atomic E-state index is -0.105. The first kappa shape index (κ1) is 10.9. The van der Waals surface area contributed by atoms with Gasteiger partial charge in [-0.3, -0.25) is 10.5 Å². The molecule has 4 heteroatoms. The maximum atomic E-state index is 5.55. The molecule has 1 unspecified atom stereocenters. The van der Waals surface area contributed by atoms with E-state index in [4.69, 9.17) is 5.84 Å². The molecule has 2 aromatic rings. The topological polar surface area (TPSA) is 55.9 Å². The fourth-order valence-electron chi connectivity index (χ4n) is 1.91. The van der Waals surface area contributed by atoms with Gasteiger partial charge in [-0.15, -0.1) is 0 Å². The predicted molar refractivity (Wildman–Crippen MR) is 65.6 cm³/mol. The molecule has 1 aromatic carbocycles. The standard InChI is InChI=1S/C12H16N4/c1-8(2)11(14-13)12-9-6-4-5-7-10(9)16(3)15-12/h4-7,11,14H,1,13H2,2-3H3.